The zero-order valence-electron chi connectivity index (χ0n) is 11.0. The molecule has 0 amide bonds. The largest absolute Gasteiger partial charge is 0.432 e. The molecule has 1 saturated heterocycles. The van der Waals surface area contributed by atoms with Gasteiger partial charge in [-0.3, -0.25) is 0 Å². The van der Waals surface area contributed by atoms with E-state index in [-0.39, 0.29) is 5.69 Å². The number of alkyl halides is 2. The molecule has 2 aliphatic rings. The summed E-state index contributed by atoms with van der Waals surface area (Å²) in [5.74, 6) is -0.0231. The van der Waals surface area contributed by atoms with Crippen molar-refractivity contribution in [2.75, 3.05) is 23.7 Å². The molecule has 2 atom stereocenters. The number of halogens is 3. The second-order valence-corrected chi connectivity index (χ2v) is 5.58. The van der Waals surface area contributed by atoms with Gasteiger partial charge in [-0.1, -0.05) is 6.42 Å². The minimum absolute atomic E-state index is 0.268. The Balaban J connectivity index is 1.85. The van der Waals surface area contributed by atoms with Gasteiger partial charge in [-0.15, -0.1) is 0 Å². The third-order valence-electron chi connectivity index (χ3n) is 4.36. The Morgan fingerprint density at radius 2 is 1.85 bits per heavy atom. The quantitative estimate of drug-likeness (QED) is 0.867. The van der Waals surface area contributed by atoms with Crippen LogP contribution >= 0.6 is 0 Å². The van der Waals surface area contributed by atoms with E-state index in [4.69, 9.17) is 5.73 Å². The number of rotatable bonds is 3. The van der Waals surface area contributed by atoms with Gasteiger partial charge in [0, 0.05) is 25.2 Å². The average Bonchev–Trinajstić information content (AvgIpc) is 2.92. The van der Waals surface area contributed by atoms with E-state index >= 15 is 0 Å². The molecule has 1 saturated carbocycles. The summed E-state index contributed by atoms with van der Waals surface area (Å²) >= 11 is 0. The molecule has 110 valence electrons. The van der Waals surface area contributed by atoms with Crippen molar-refractivity contribution in [3.63, 3.8) is 0 Å². The van der Waals surface area contributed by atoms with Gasteiger partial charge in [-0.2, -0.15) is 8.78 Å². The molecule has 2 unspecified atom stereocenters. The Labute approximate surface area is 115 Å². The Hall–Kier alpha value is -1.59. The number of hydrogen-bond donors (Lipinski definition) is 1. The lowest BCUT2D eigenvalue weighted by atomic mass is 10.0. The van der Waals surface area contributed by atoms with Crippen molar-refractivity contribution < 1.29 is 17.9 Å². The summed E-state index contributed by atoms with van der Waals surface area (Å²) in [5.41, 5.74) is 6.69. The molecule has 0 bridgehead atoms. The van der Waals surface area contributed by atoms with E-state index in [0.717, 1.165) is 19.2 Å². The van der Waals surface area contributed by atoms with Crippen molar-refractivity contribution in [2.45, 2.75) is 25.9 Å². The fraction of sp³-hybridized carbons (Fsp3) is 0.571. The van der Waals surface area contributed by atoms with E-state index in [1.807, 2.05) is 0 Å². The molecule has 0 aromatic heterocycles. The molecule has 1 aromatic carbocycles. The molecule has 2 fully saturated rings. The standard InChI is InChI=1S/C14H17F3N2O/c15-10-4-11(18)12(5-13(10)20-14(16)17)19-6-8-2-1-3-9(8)7-19/h4-5,8-9,14H,1-3,6-7,18H2. The van der Waals surface area contributed by atoms with Gasteiger partial charge in [-0.05, 0) is 24.7 Å². The first-order chi connectivity index (χ1) is 9.54. The number of ether oxygens (including phenoxy) is 1. The summed E-state index contributed by atoms with van der Waals surface area (Å²) in [6.45, 7) is -1.33. The minimum atomic E-state index is -3.04. The van der Waals surface area contributed by atoms with Crippen LogP contribution in [0, 0.1) is 17.7 Å². The highest BCUT2D eigenvalue weighted by atomic mass is 19.3. The maximum Gasteiger partial charge on any atom is 0.387 e. The topological polar surface area (TPSA) is 38.5 Å². The Morgan fingerprint density at radius 1 is 1.20 bits per heavy atom. The average molecular weight is 286 g/mol. The molecule has 1 aliphatic heterocycles. The predicted octanol–water partition coefficient (Wildman–Crippen LogP) is 3.25. The first kappa shape index (κ1) is 13.4. The van der Waals surface area contributed by atoms with E-state index < -0.39 is 18.2 Å². The maximum atomic E-state index is 13.6. The Kier molecular flexibility index (Phi) is 3.40. The molecule has 2 N–H and O–H groups in total. The summed E-state index contributed by atoms with van der Waals surface area (Å²) in [6, 6.07) is 2.35. The smallest absolute Gasteiger partial charge is 0.387 e. The molecular weight excluding hydrogens is 269 g/mol. The van der Waals surface area contributed by atoms with Crippen molar-refractivity contribution in [1.82, 2.24) is 0 Å². The number of hydrogen-bond acceptors (Lipinski definition) is 3. The molecule has 3 rings (SSSR count). The van der Waals surface area contributed by atoms with Crippen molar-refractivity contribution in [3.8, 4) is 5.75 Å². The Bertz CT molecular complexity index is 497. The van der Waals surface area contributed by atoms with Crippen LogP contribution in [0.2, 0.25) is 0 Å². The van der Waals surface area contributed by atoms with Gasteiger partial charge in [-0.25, -0.2) is 4.39 Å². The van der Waals surface area contributed by atoms with E-state index in [1.165, 1.54) is 25.3 Å². The summed E-state index contributed by atoms with van der Waals surface area (Å²) in [4.78, 5) is 2.06. The third kappa shape index (κ3) is 2.39. The van der Waals surface area contributed by atoms with Crippen molar-refractivity contribution >= 4 is 11.4 Å². The number of fused-ring (bicyclic) bond motifs is 1. The van der Waals surface area contributed by atoms with Crippen LogP contribution in [0.4, 0.5) is 24.5 Å². The predicted molar refractivity (Wildman–Crippen MR) is 70.5 cm³/mol. The van der Waals surface area contributed by atoms with Gasteiger partial charge >= 0.3 is 6.61 Å². The molecular formula is C14H17F3N2O. The van der Waals surface area contributed by atoms with Crippen molar-refractivity contribution in [2.24, 2.45) is 11.8 Å². The zero-order valence-corrected chi connectivity index (χ0v) is 11.0. The minimum Gasteiger partial charge on any atom is -0.432 e. The zero-order chi connectivity index (χ0) is 14.3. The van der Waals surface area contributed by atoms with Crippen LogP contribution < -0.4 is 15.4 Å². The highest BCUT2D eigenvalue weighted by Crippen LogP contribution is 2.42. The lowest BCUT2D eigenvalue weighted by molar-refractivity contribution is -0.0521. The van der Waals surface area contributed by atoms with Gasteiger partial charge < -0.3 is 15.4 Å². The van der Waals surface area contributed by atoms with E-state index in [2.05, 4.69) is 9.64 Å². The molecule has 1 aromatic rings. The maximum absolute atomic E-state index is 13.6. The number of nitrogen functional groups attached to an aromatic ring is 1. The van der Waals surface area contributed by atoms with Gasteiger partial charge in [0.25, 0.3) is 0 Å². The van der Waals surface area contributed by atoms with Gasteiger partial charge in [0.1, 0.15) is 0 Å². The van der Waals surface area contributed by atoms with Gasteiger partial charge in [0.2, 0.25) is 0 Å². The number of nitrogens with two attached hydrogens (primary N) is 1. The third-order valence-corrected chi connectivity index (χ3v) is 4.36. The van der Waals surface area contributed by atoms with Crippen LogP contribution in [-0.2, 0) is 0 Å². The molecule has 3 nitrogen and oxygen atoms in total. The SMILES string of the molecule is Nc1cc(F)c(OC(F)F)cc1N1CC2CCCC2C1. The number of anilines is 2. The van der Waals surface area contributed by atoms with E-state index in [9.17, 15) is 13.2 Å². The van der Waals surface area contributed by atoms with Crippen molar-refractivity contribution in [3.05, 3.63) is 17.9 Å². The van der Waals surface area contributed by atoms with Crippen molar-refractivity contribution in [1.29, 1.82) is 0 Å². The van der Waals surface area contributed by atoms with Crippen LogP contribution in [0.3, 0.4) is 0 Å². The van der Waals surface area contributed by atoms with Crippen LogP contribution in [0.15, 0.2) is 12.1 Å². The second-order valence-electron chi connectivity index (χ2n) is 5.58. The molecule has 20 heavy (non-hydrogen) atoms. The molecule has 1 aliphatic carbocycles. The van der Waals surface area contributed by atoms with Crippen LogP contribution in [-0.4, -0.2) is 19.7 Å². The van der Waals surface area contributed by atoms with Crippen LogP contribution in [0.25, 0.3) is 0 Å². The number of nitrogens with zero attached hydrogens (tertiary/aromatic N) is 1. The highest BCUT2D eigenvalue weighted by Gasteiger charge is 2.36. The first-order valence-corrected chi connectivity index (χ1v) is 6.83. The van der Waals surface area contributed by atoms with E-state index in [0.29, 0.717) is 17.5 Å². The van der Waals surface area contributed by atoms with E-state index in [1.54, 1.807) is 0 Å². The Morgan fingerprint density at radius 3 is 2.45 bits per heavy atom. The fourth-order valence-corrected chi connectivity index (χ4v) is 3.45. The lowest BCUT2D eigenvalue weighted by Gasteiger charge is -2.22. The van der Waals surface area contributed by atoms with Gasteiger partial charge in [0.05, 0.1) is 11.4 Å². The van der Waals surface area contributed by atoms with Crippen LogP contribution in [0.5, 0.6) is 5.75 Å². The summed E-state index contributed by atoms with van der Waals surface area (Å²) < 4.78 is 42.3. The highest BCUT2D eigenvalue weighted by molar-refractivity contribution is 5.70. The molecule has 0 radical (unpaired) electrons. The second kappa shape index (κ2) is 5.07. The normalized spacial score (nSPS) is 25.3. The molecule has 0 spiro atoms. The number of benzene rings is 1. The lowest BCUT2D eigenvalue weighted by Crippen LogP contribution is -2.22. The monoisotopic (exact) mass is 286 g/mol. The van der Waals surface area contributed by atoms with Crippen LogP contribution in [0.1, 0.15) is 19.3 Å². The molecule has 6 heteroatoms. The first-order valence-electron chi connectivity index (χ1n) is 6.83. The van der Waals surface area contributed by atoms with Gasteiger partial charge in [0.15, 0.2) is 11.6 Å². The summed E-state index contributed by atoms with van der Waals surface area (Å²) in [5, 5.41) is 0. The fourth-order valence-electron chi connectivity index (χ4n) is 3.45. The summed E-state index contributed by atoms with van der Waals surface area (Å²) in [7, 11) is 0. The molecule has 1 heterocycles. The summed E-state index contributed by atoms with van der Waals surface area (Å²) in [6.07, 6.45) is 3.65.